The minimum atomic E-state index is 0.319. The highest BCUT2D eigenvalue weighted by molar-refractivity contribution is 5.02. The fourth-order valence-electron chi connectivity index (χ4n) is 4.58. The summed E-state index contributed by atoms with van der Waals surface area (Å²) in [4.78, 5) is 2.71. The molecule has 0 aromatic carbocycles. The van der Waals surface area contributed by atoms with Crippen LogP contribution in [0, 0.1) is 11.8 Å². The molecule has 18 heavy (non-hydrogen) atoms. The molecule has 2 saturated carbocycles. The molecule has 2 aliphatic carbocycles. The Morgan fingerprint density at radius 3 is 2.39 bits per heavy atom. The van der Waals surface area contributed by atoms with Gasteiger partial charge in [-0.15, -0.1) is 0 Å². The number of nitrogens with zero attached hydrogens (tertiary/aromatic N) is 1. The van der Waals surface area contributed by atoms with Gasteiger partial charge in [-0.2, -0.15) is 0 Å². The second-order valence-electron chi connectivity index (χ2n) is 6.83. The van der Waals surface area contributed by atoms with Crippen LogP contribution in [0.5, 0.6) is 0 Å². The predicted molar refractivity (Wildman–Crippen MR) is 78.6 cm³/mol. The van der Waals surface area contributed by atoms with Crippen molar-refractivity contribution in [3.8, 4) is 0 Å². The Morgan fingerprint density at radius 2 is 1.83 bits per heavy atom. The van der Waals surface area contributed by atoms with Crippen molar-refractivity contribution in [3.63, 3.8) is 0 Å². The molecule has 0 saturated heterocycles. The summed E-state index contributed by atoms with van der Waals surface area (Å²) in [5.74, 6) is 1.76. The highest BCUT2D eigenvalue weighted by Crippen LogP contribution is 2.43. The Kier molecular flexibility index (Phi) is 4.71. The summed E-state index contributed by atoms with van der Waals surface area (Å²) in [5, 5.41) is 0. The lowest BCUT2D eigenvalue weighted by Gasteiger charge is -2.48. The number of likely N-dealkylation sites (N-methyl/N-ethyl adjacent to an activating group) is 1. The molecule has 2 aliphatic rings. The number of rotatable bonds is 4. The van der Waals surface area contributed by atoms with Crippen molar-refractivity contribution in [2.24, 2.45) is 17.6 Å². The highest BCUT2D eigenvalue weighted by atomic mass is 15.2. The van der Waals surface area contributed by atoms with Gasteiger partial charge in [0.25, 0.3) is 0 Å². The van der Waals surface area contributed by atoms with Crippen molar-refractivity contribution < 1.29 is 0 Å². The van der Waals surface area contributed by atoms with Gasteiger partial charge in [0, 0.05) is 18.1 Å². The Balaban J connectivity index is 2.07. The molecule has 106 valence electrons. The molecule has 0 radical (unpaired) electrons. The second kappa shape index (κ2) is 5.92. The molecule has 2 rings (SSSR count). The van der Waals surface area contributed by atoms with Gasteiger partial charge in [0.15, 0.2) is 0 Å². The van der Waals surface area contributed by atoms with Crippen molar-refractivity contribution >= 4 is 0 Å². The summed E-state index contributed by atoms with van der Waals surface area (Å²) < 4.78 is 0. The molecule has 0 heterocycles. The van der Waals surface area contributed by atoms with E-state index < -0.39 is 0 Å². The number of hydrogen-bond acceptors (Lipinski definition) is 2. The fourth-order valence-corrected chi connectivity index (χ4v) is 4.58. The van der Waals surface area contributed by atoms with Gasteiger partial charge in [-0.3, -0.25) is 4.90 Å². The van der Waals surface area contributed by atoms with Crippen molar-refractivity contribution in [1.82, 2.24) is 4.90 Å². The van der Waals surface area contributed by atoms with Gasteiger partial charge in [0.1, 0.15) is 0 Å². The Bertz CT molecular complexity index is 258. The lowest BCUT2D eigenvalue weighted by Crippen LogP contribution is -2.58. The van der Waals surface area contributed by atoms with Crippen molar-refractivity contribution in [1.29, 1.82) is 0 Å². The van der Waals surface area contributed by atoms with Crippen LogP contribution in [0.3, 0.4) is 0 Å². The molecule has 2 atom stereocenters. The minimum Gasteiger partial charge on any atom is -0.329 e. The normalized spacial score (nSPS) is 41.5. The van der Waals surface area contributed by atoms with Crippen LogP contribution in [0.15, 0.2) is 0 Å². The summed E-state index contributed by atoms with van der Waals surface area (Å²) in [6, 6.07) is 0.789. The van der Waals surface area contributed by atoms with E-state index in [0.717, 1.165) is 24.4 Å². The third-order valence-corrected chi connectivity index (χ3v) is 6.00. The average molecular weight is 252 g/mol. The first-order chi connectivity index (χ1) is 8.64. The first-order valence-electron chi connectivity index (χ1n) is 8.07. The van der Waals surface area contributed by atoms with E-state index in [2.05, 4.69) is 25.8 Å². The molecule has 0 aromatic heterocycles. The maximum atomic E-state index is 6.23. The molecule has 2 nitrogen and oxygen atoms in total. The third kappa shape index (κ3) is 2.46. The zero-order valence-electron chi connectivity index (χ0n) is 12.6. The van der Waals surface area contributed by atoms with Crippen molar-refractivity contribution in [2.75, 3.05) is 13.6 Å². The molecule has 0 aromatic rings. The molecule has 2 heteroatoms. The van der Waals surface area contributed by atoms with Gasteiger partial charge in [-0.1, -0.05) is 26.7 Å². The third-order valence-electron chi connectivity index (χ3n) is 6.00. The maximum Gasteiger partial charge on any atom is 0.0359 e. The summed E-state index contributed by atoms with van der Waals surface area (Å²) in [7, 11) is 2.36. The number of nitrogens with two attached hydrogens (primary N) is 1. The quantitative estimate of drug-likeness (QED) is 0.831. The largest absolute Gasteiger partial charge is 0.329 e. The van der Waals surface area contributed by atoms with E-state index in [1.54, 1.807) is 0 Å². The summed E-state index contributed by atoms with van der Waals surface area (Å²) in [6.45, 7) is 5.60. The highest BCUT2D eigenvalue weighted by Gasteiger charge is 2.46. The maximum absolute atomic E-state index is 6.23. The number of hydrogen-bond donors (Lipinski definition) is 1. The molecular formula is C16H32N2. The monoisotopic (exact) mass is 252 g/mol. The van der Waals surface area contributed by atoms with Crippen LogP contribution in [0.1, 0.15) is 65.2 Å². The second-order valence-corrected chi connectivity index (χ2v) is 6.83. The SMILES string of the molecule is CCC1CCCC1(CN)N(C)C1CCC(C)CC1. The van der Waals surface area contributed by atoms with Crippen molar-refractivity contribution in [3.05, 3.63) is 0 Å². The lowest BCUT2D eigenvalue weighted by atomic mass is 9.79. The predicted octanol–water partition coefficient (Wildman–Crippen LogP) is 3.40. The molecule has 0 amide bonds. The van der Waals surface area contributed by atoms with E-state index in [0.29, 0.717) is 5.54 Å². The Labute approximate surface area is 113 Å². The van der Waals surface area contributed by atoms with E-state index in [4.69, 9.17) is 5.73 Å². The smallest absolute Gasteiger partial charge is 0.0359 e. The Hall–Kier alpha value is -0.0800. The molecule has 0 spiro atoms. The van der Waals surface area contributed by atoms with Gasteiger partial charge in [-0.25, -0.2) is 0 Å². The van der Waals surface area contributed by atoms with Crippen LogP contribution in [0.25, 0.3) is 0 Å². The zero-order chi connectivity index (χ0) is 13.2. The molecule has 2 unspecified atom stereocenters. The molecule has 2 N–H and O–H groups in total. The van der Waals surface area contributed by atoms with Gasteiger partial charge in [0.05, 0.1) is 0 Å². The van der Waals surface area contributed by atoms with Gasteiger partial charge in [0.2, 0.25) is 0 Å². The van der Waals surface area contributed by atoms with E-state index in [1.165, 1.54) is 51.4 Å². The van der Waals surface area contributed by atoms with Crippen LogP contribution in [-0.4, -0.2) is 30.1 Å². The first kappa shape index (κ1) is 14.3. The van der Waals surface area contributed by atoms with E-state index in [1.807, 2.05) is 0 Å². The van der Waals surface area contributed by atoms with Crippen molar-refractivity contribution in [2.45, 2.75) is 76.8 Å². The van der Waals surface area contributed by atoms with Gasteiger partial charge < -0.3 is 5.73 Å². The Morgan fingerprint density at radius 1 is 1.17 bits per heavy atom. The summed E-state index contributed by atoms with van der Waals surface area (Å²) >= 11 is 0. The van der Waals surface area contributed by atoms with Crippen LogP contribution in [0.2, 0.25) is 0 Å². The van der Waals surface area contributed by atoms with E-state index in [9.17, 15) is 0 Å². The van der Waals surface area contributed by atoms with E-state index >= 15 is 0 Å². The topological polar surface area (TPSA) is 29.3 Å². The summed E-state index contributed by atoms with van der Waals surface area (Å²) in [6.07, 6.45) is 11.0. The first-order valence-corrected chi connectivity index (χ1v) is 8.07. The van der Waals surface area contributed by atoms with Gasteiger partial charge >= 0.3 is 0 Å². The summed E-state index contributed by atoms with van der Waals surface area (Å²) in [5.41, 5.74) is 6.55. The van der Waals surface area contributed by atoms with Crippen LogP contribution < -0.4 is 5.73 Å². The van der Waals surface area contributed by atoms with Gasteiger partial charge in [-0.05, 0) is 57.4 Å². The molecule has 0 bridgehead atoms. The average Bonchev–Trinajstić information content (AvgIpc) is 2.82. The molecule has 0 aliphatic heterocycles. The fraction of sp³-hybridized carbons (Fsp3) is 1.00. The van der Waals surface area contributed by atoms with E-state index in [-0.39, 0.29) is 0 Å². The molecular weight excluding hydrogens is 220 g/mol. The minimum absolute atomic E-state index is 0.319. The molecule has 2 fully saturated rings. The van der Waals surface area contributed by atoms with Crippen LogP contribution in [-0.2, 0) is 0 Å². The van der Waals surface area contributed by atoms with Crippen LogP contribution in [0.4, 0.5) is 0 Å². The van der Waals surface area contributed by atoms with Crippen LogP contribution >= 0.6 is 0 Å². The zero-order valence-corrected chi connectivity index (χ0v) is 12.6. The lowest BCUT2D eigenvalue weighted by molar-refractivity contribution is 0.0216. The standard InChI is InChI=1S/C16H32N2/c1-4-14-6-5-11-16(14,12-17)18(3)15-9-7-13(2)8-10-15/h13-15H,4-12,17H2,1-3H3.